The lowest BCUT2D eigenvalue weighted by Crippen LogP contribution is -2.12. The molecule has 1 amide bonds. The summed E-state index contributed by atoms with van der Waals surface area (Å²) in [7, 11) is 1.51. The van der Waals surface area contributed by atoms with Gasteiger partial charge < -0.3 is 20.0 Å². The Morgan fingerprint density at radius 3 is 2.60 bits per heavy atom. The summed E-state index contributed by atoms with van der Waals surface area (Å²) in [4.78, 5) is 23.3. The average Bonchev–Trinajstić information content (AvgIpc) is 3.00. The molecular formula is C19H17NO5. The third-order valence-electron chi connectivity index (χ3n) is 4.08. The van der Waals surface area contributed by atoms with Crippen molar-refractivity contribution < 1.29 is 23.8 Å². The monoisotopic (exact) mass is 339 g/mol. The first kappa shape index (κ1) is 16.6. The van der Waals surface area contributed by atoms with Crippen LogP contribution in [0, 0.1) is 0 Å². The molecule has 0 saturated heterocycles. The molecule has 0 bridgehead atoms. The molecule has 2 aromatic carbocycles. The molecule has 0 aliphatic rings. The highest BCUT2D eigenvalue weighted by atomic mass is 16.5. The molecule has 0 aliphatic carbocycles. The molecule has 25 heavy (non-hydrogen) atoms. The number of carbonyl (C=O) groups excluding carboxylic acids is 1. The fourth-order valence-corrected chi connectivity index (χ4v) is 2.96. The lowest BCUT2D eigenvalue weighted by atomic mass is 9.96. The Balaban J connectivity index is 2.40. The second-order valence-corrected chi connectivity index (χ2v) is 5.52. The standard InChI is InChI=1S/C19H17NO5/c1-3-13-16(18(20)21)15-12(7-8-14(24-2)17(15)25-13)10-5-4-6-11(9-10)19(22)23/h4-9H,3H2,1-2H3,(H2,20,21)(H,22,23). The van der Waals surface area contributed by atoms with E-state index in [0.717, 1.165) is 0 Å². The number of furan rings is 1. The molecule has 3 N–H and O–H groups in total. The normalized spacial score (nSPS) is 10.8. The third-order valence-corrected chi connectivity index (χ3v) is 4.08. The summed E-state index contributed by atoms with van der Waals surface area (Å²) in [5, 5.41) is 9.76. The number of amides is 1. The number of carboxylic acid groups (broad SMARTS) is 1. The number of aryl methyl sites for hydroxylation is 1. The fraction of sp³-hybridized carbons (Fsp3) is 0.158. The highest BCUT2D eigenvalue weighted by Gasteiger charge is 2.23. The Labute approximate surface area is 143 Å². The molecule has 1 aromatic heterocycles. The number of rotatable bonds is 5. The zero-order valence-corrected chi connectivity index (χ0v) is 13.8. The highest BCUT2D eigenvalue weighted by molar-refractivity contribution is 6.13. The average molecular weight is 339 g/mol. The minimum atomic E-state index is -1.02. The number of benzene rings is 2. The second kappa shape index (κ2) is 6.32. The van der Waals surface area contributed by atoms with E-state index >= 15 is 0 Å². The van der Waals surface area contributed by atoms with E-state index in [0.29, 0.717) is 45.6 Å². The first-order valence-corrected chi connectivity index (χ1v) is 7.73. The van der Waals surface area contributed by atoms with Crippen LogP contribution in [-0.4, -0.2) is 24.1 Å². The second-order valence-electron chi connectivity index (χ2n) is 5.52. The van der Waals surface area contributed by atoms with Crippen LogP contribution in [0.5, 0.6) is 5.75 Å². The van der Waals surface area contributed by atoms with Crippen LogP contribution in [0.15, 0.2) is 40.8 Å². The number of carbonyl (C=O) groups is 2. The molecule has 6 nitrogen and oxygen atoms in total. The smallest absolute Gasteiger partial charge is 0.335 e. The van der Waals surface area contributed by atoms with Crippen molar-refractivity contribution in [3.63, 3.8) is 0 Å². The lowest BCUT2D eigenvalue weighted by Gasteiger charge is -2.08. The van der Waals surface area contributed by atoms with Crippen LogP contribution >= 0.6 is 0 Å². The minimum absolute atomic E-state index is 0.154. The maximum atomic E-state index is 12.0. The molecule has 1 heterocycles. The van der Waals surface area contributed by atoms with Gasteiger partial charge in [0.2, 0.25) is 0 Å². The maximum Gasteiger partial charge on any atom is 0.335 e. The molecule has 0 unspecified atom stereocenters. The predicted molar refractivity (Wildman–Crippen MR) is 93.1 cm³/mol. The van der Waals surface area contributed by atoms with Crippen molar-refractivity contribution in [2.45, 2.75) is 13.3 Å². The van der Waals surface area contributed by atoms with Gasteiger partial charge in [0.05, 0.1) is 18.2 Å². The topological polar surface area (TPSA) is 103 Å². The third kappa shape index (κ3) is 2.71. The quantitative estimate of drug-likeness (QED) is 0.741. The summed E-state index contributed by atoms with van der Waals surface area (Å²) < 4.78 is 11.2. The number of primary amides is 1. The fourth-order valence-electron chi connectivity index (χ4n) is 2.96. The molecule has 0 radical (unpaired) electrons. The Morgan fingerprint density at radius 1 is 1.24 bits per heavy atom. The van der Waals surface area contributed by atoms with Crippen molar-refractivity contribution in [3.05, 3.63) is 53.3 Å². The maximum absolute atomic E-state index is 12.0. The van der Waals surface area contributed by atoms with E-state index in [2.05, 4.69) is 0 Å². The van der Waals surface area contributed by atoms with Crippen LogP contribution < -0.4 is 10.5 Å². The van der Waals surface area contributed by atoms with E-state index in [1.807, 2.05) is 6.92 Å². The minimum Gasteiger partial charge on any atom is -0.493 e. The van der Waals surface area contributed by atoms with E-state index in [1.54, 1.807) is 30.3 Å². The van der Waals surface area contributed by atoms with Crippen molar-refractivity contribution in [1.29, 1.82) is 0 Å². The van der Waals surface area contributed by atoms with Gasteiger partial charge in [-0.2, -0.15) is 0 Å². The van der Waals surface area contributed by atoms with Crippen LogP contribution in [0.4, 0.5) is 0 Å². The van der Waals surface area contributed by atoms with Gasteiger partial charge in [0.25, 0.3) is 5.91 Å². The Kier molecular flexibility index (Phi) is 4.19. The van der Waals surface area contributed by atoms with E-state index in [-0.39, 0.29) is 5.56 Å². The van der Waals surface area contributed by atoms with Gasteiger partial charge in [-0.15, -0.1) is 0 Å². The molecule has 0 aliphatic heterocycles. The van der Waals surface area contributed by atoms with Gasteiger partial charge in [-0.05, 0) is 35.4 Å². The van der Waals surface area contributed by atoms with Gasteiger partial charge >= 0.3 is 5.97 Å². The number of hydrogen-bond donors (Lipinski definition) is 2. The molecule has 128 valence electrons. The van der Waals surface area contributed by atoms with Crippen molar-refractivity contribution >= 4 is 22.8 Å². The summed E-state index contributed by atoms with van der Waals surface area (Å²) in [5.74, 6) is -0.666. The van der Waals surface area contributed by atoms with E-state index in [9.17, 15) is 14.7 Å². The van der Waals surface area contributed by atoms with Crippen LogP contribution in [0.1, 0.15) is 33.4 Å². The van der Waals surface area contributed by atoms with E-state index < -0.39 is 11.9 Å². The number of hydrogen-bond acceptors (Lipinski definition) is 4. The number of methoxy groups -OCH3 is 1. The summed E-state index contributed by atoms with van der Waals surface area (Å²) >= 11 is 0. The first-order chi connectivity index (χ1) is 12.0. The molecule has 0 atom stereocenters. The van der Waals surface area contributed by atoms with Gasteiger partial charge in [0, 0.05) is 11.8 Å². The molecule has 0 fully saturated rings. The van der Waals surface area contributed by atoms with Gasteiger partial charge in [-0.1, -0.05) is 19.1 Å². The molecule has 0 saturated carbocycles. The first-order valence-electron chi connectivity index (χ1n) is 7.73. The van der Waals surface area contributed by atoms with Crippen molar-refractivity contribution in [1.82, 2.24) is 0 Å². The zero-order valence-electron chi connectivity index (χ0n) is 13.8. The lowest BCUT2D eigenvalue weighted by molar-refractivity contribution is 0.0696. The van der Waals surface area contributed by atoms with Gasteiger partial charge in [-0.3, -0.25) is 4.79 Å². The summed E-state index contributed by atoms with van der Waals surface area (Å²) in [6, 6.07) is 9.97. The van der Waals surface area contributed by atoms with Crippen LogP contribution in [0.2, 0.25) is 0 Å². The van der Waals surface area contributed by atoms with Crippen molar-refractivity contribution in [2.24, 2.45) is 5.73 Å². The highest BCUT2D eigenvalue weighted by Crippen LogP contribution is 2.40. The Morgan fingerprint density at radius 2 is 2.00 bits per heavy atom. The van der Waals surface area contributed by atoms with Crippen LogP contribution in [-0.2, 0) is 6.42 Å². The molecule has 0 spiro atoms. The number of nitrogens with two attached hydrogens (primary N) is 1. The number of ether oxygens (including phenoxy) is 1. The molecule has 3 rings (SSSR count). The van der Waals surface area contributed by atoms with Crippen molar-refractivity contribution in [3.8, 4) is 16.9 Å². The number of aromatic carboxylic acids is 1. The Bertz CT molecular complexity index is 987. The summed E-state index contributed by atoms with van der Waals surface area (Å²) in [6.45, 7) is 1.86. The summed E-state index contributed by atoms with van der Waals surface area (Å²) in [5.41, 5.74) is 7.77. The SMILES string of the molecule is CCc1oc2c(OC)ccc(-c3cccc(C(=O)O)c3)c2c1C(N)=O. The molecule has 6 heteroatoms. The van der Waals surface area contributed by atoms with Crippen LogP contribution in [0.25, 0.3) is 22.1 Å². The largest absolute Gasteiger partial charge is 0.493 e. The molecule has 3 aromatic rings. The van der Waals surface area contributed by atoms with E-state index in [4.69, 9.17) is 14.9 Å². The van der Waals surface area contributed by atoms with E-state index in [1.165, 1.54) is 13.2 Å². The van der Waals surface area contributed by atoms with Gasteiger partial charge in [-0.25, -0.2) is 4.79 Å². The van der Waals surface area contributed by atoms with Gasteiger partial charge in [0.1, 0.15) is 5.76 Å². The summed E-state index contributed by atoms with van der Waals surface area (Å²) in [6.07, 6.45) is 0.491. The predicted octanol–water partition coefficient (Wildman–Crippen LogP) is 3.47. The molecular weight excluding hydrogens is 322 g/mol. The Hall–Kier alpha value is -3.28. The number of carboxylic acids is 1. The van der Waals surface area contributed by atoms with Crippen LogP contribution in [0.3, 0.4) is 0 Å². The zero-order chi connectivity index (χ0) is 18.1. The number of fused-ring (bicyclic) bond motifs is 1. The van der Waals surface area contributed by atoms with Gasteiger partial charge in [0.15, 0.2) is 11.3 Å². The van der Waals surface area contributed by atoms with Crippen molar-refractivity contribution in [2.75, 3.05) is 7.11 Å².